The standard InChI is InChI=1S/C13H14O4S/c14-13(15)7-8-18(16,17)12-6-5-10-3-1-2-4-11(10)9-12/h5-9H,1-4H2,(H,14,15)/b8-7+. The SMILES string of the molecule is O=C(O)/C=C/S(=O)(=O)c1ccc2c(c1)CCCC2. The summed E-state index contributed by atoms with van der Waals surface area (Å²) in [7, 11) is -3.65. The topological polar surface area (TPSA) is 71.4 Å². The van der Waals surface area contributed by atoms with Crippen LogP contribution in [-0.2, 0) is 27.5 Å². The maximum absolute atomic E-state index is 11.9. The summed E-state index contributed by atoms with van der Waals surface area (Å²) in [5.74, 6) is -1.27. The van der Waals surface area contributed by atoms with Crippen molar-refractivity contribution in [2.24, 2.45) is 0 Å². The second-order valence-electron chi connectivity index (χ2n) is 4.32. The van der Waals surface area contributed by atoms with Crippen LogP contribution in [0.3, 0.4) is 0 Å². The second-order valence-corrected chi connectivity index (χ2v) is 6.16. The molecule has 0 bridgehead atoms. The fraction of sp³-hybridized carbons (Fsp3) is 0.308. The highest BCUT2D eigenvalue weighted by Gasteiger charge is 2.15. The molecule has 18 heavy (non-hydrogen) atoms. The number of sulfone groups is 1. The van der Waals surface area contributed by atoms with Crippen LogP contribution in [0, 0.1) is 0 Å². The van der Waals surface area contributed by atoms with E-state index in [2.05, 4.69) is 0 Å². The van der Waals surface area contributed by atoms with E-state index in [4.69, 9.17) is 5.11 Å². The Kier molecular flexibility index (Phi) is 3.52. The van der Waals surface area contributed by atoms with Crippen LogP contribution in [-0.4, -0.2) is 19.5 Å². The van der Waals surface area contributed by atoms with Crippen LogP contribution in [0.2, 0.25) is 0 Å². The maximum atomic E-state index is 11.9. The van der Waals surface area contributed by atoms with Crippen molar-refractivity contribution in [3.63, 3.8) is 0 Å². The van der Waals surface area contributed by atoms with Crippen molar-refractivity contribution in [3.05, 3.63) is 40.8 Å². The summed E-state index contributed by atoms with van der Waals surface area (Å²) < 4.78 is 23.7. The Morgan fingerprint density at radius 3 is 2.50 bits per heavy atom. The summed E-state index contributed by atoms with van der Waals surface area (Å²) in [6, 6.07) is 5.04. The van der Waals surface area contributed by atoms with Crippen molar-refractivity contribution >= 4 is 15.8 Å². The highest BCUT2D eigenvalue weighted by atomic mass is 32.2. The first-order valence-electron chi connectivity index (χ1n) is 5.77. The third-order valence-corrected chi connectivity index (χ3v) is 4.44. The van der Waals surface area contributed by atoms with Crippen molar-refractivity contribution in [2.45, 2.75) is 30.6 Å². The Morgan fingerprint density at radius 2 is 1.83 bits per heavy atom. The van der Waals surface area contributed by atoms with E-state index in [1.165, 1.54) is 5.56 Å². The van der Waals surface area contributed by atoms with Gasteiger partial charge in [0.05, 0.1) is 4.90 Å². The molecule has 1 aliphatic rings. The summed E-state index contributed by atoms with van der Waals surface area (Å²) in [4.78, 5) is 10.5. The number of carbonyl (C=O) groups is 1. The highest BCUT2D eigenvalue weighted by Crippen LogP contribution is 2.24. The fourth-order valence-corrected chi connectivity index (χ4v) is 3.13. The molecular weight excluding hydrogens is 252 g/mol. The Labute approximate surface area is 106 Å². The van der Waals surface area contributed by atoms with Crippen LogP contribution in [0.1, 0.15) is 24.0 Å². The molecule has 0 radical (unpaired) electrons. The molecule has 1 aromatic rings. The molecule has 4 nitrogen and oxygen atoms in total. The molecule has 5 heteroatoms. The molecule has 2 rings (SSSR count). The lowest BCUT2D eigenvalue weighted by Gasteiger charge is -2.16. The van der Waals surface area contributed by atoms with Crippen LogP contribution in [0.25, 0.3) is 0 Å². The zero-order valence-electron chi connectivity index (χ0n) is 9.80. The predicted octanol–water partition coefficient (Wildman–Crippen LogP) is 1.94. The molecule has 1 aromatic carbocycles. The van der Waals surface area contributed by atoms with Gasteiger partial charge in [0.15, 0.2) is 9.84 Å². The van der Waals surface area contributed by atoms with Gasteiger partial charge >= 0.3 is 5.97 Å². The van der Waals surface area contributed by atoms with Gasteiger partial charge < -0.3 is 5.11 Å². The maximum Gasteiger partial charge on any atom is 0.329 e. The highest BCUT2D eigenvalue weighted by molar-refractivity contribution is 7.94. The Balaban J connectivity index is 2.37. The Morgan fingerprint density at radius 1 is 1.17 bits per heavy atom. The van der Waals surface area contributed by atoms with E-state index < -0.39 is 15.8 Å². The van der Waals surface area contributed by atoms with E-state index in [0.717, 1.165) is 36.7 Å². The fourth-order valence-electron chi connectivity index (χ4n) is 2.11. The zero-order chi connectivity index (χ0) is 13.2. The lowest BCUT2D eigenvalue weighted by Crippen LogP contribution is -2.05. The van der Waals surface area contributed by atoms with Gasteiger partial charge in [-0.15, -0.1) is 0 Å². The first kappa shape index (κ1) is 12.8. The molecule has 0 saturated heterocycles. The number of hydrogen-bond acceptors (Lipinski definition) is 3. The number of carboxylic acid groups (broad SMARTS) is 1. The molecule has 0 saturated carbocycles. The third-order valence-electron chi connectivity index (χ3n) is 3.04. The molecule has 96 valence electrons. The van der Waals surface area contributed by atoms with Gasteiger partial charge in [0.2, 0.25) is 0 Å². The summed E-state index contributed by atoms with van der Waals surface area (Å²) in [5.41, 5.74) is 2.26. The lowest BCUT2D eigenvalue weighted by molar-refractivity contribution is -0.131. The summed E-state index contributed by atoms with van der Waals surface area (Å²) in [6.45, 7) is 0. The smallest absolute Gasteiger partial charge is 0.329 e. The van der Waals surface area contributed by atoms with Gasteiger partial charge in [-0.3, -0.25) is 0 Å². The van der Waals surface area contributed by atoms with Crippen LogP contribution >= 0.6 is 0 Å². The van der Waals surface area contributed by atoms with Gasteiger partial charge in [-0.25, -0.2) is 13.2 Å². The van der Waals surface area contributed by atoms with Gasteiger partial charge in [0.1, 0.15) is 0 Å². The van der Waals surface area contributed by atoms with Crippen molar-refractivity contribution in [2.75, 3.05) is 0 Å². The monoisotopic (exact) mass is 266 g/mol. The van der Waals surface area contributed by atoms with Crippen molar-refractivity contribution < 1.29 is 18.3 Å². The molecule has 0 aliphatic heterocycles. The van der Waals surface area contributed by atoms with Gasteiger partial charge in [0, 0.05) is 11.5 Å². The molecule has 0 heterocycles. The summed E-state index contributed by atoms with van der Waals surface area (Å²) >= 11 is 0. The average molecular weight is 266 g/mol. The molecule has 0 atom stereocenters. The molecule has 0 aromatic heterocycles. The number of aryl methyl sites for hydroxylation is 2. The normalized spacial score (nSPS) is 15.6. The van der Waals surface area contributed by atoms with Crippen molar-refractivity contribution in [3.8, 4) is 0 Å². The third kappa shape index (κ3) is 2.79. The van der Waals surface area contributed by atoms with Gasteiger partial charge in [0.25, 0.3) is 0 Å². The van der Waals surface area contributed by atoms with Crippen molar-refractivity contribution in [1.82, 2.24) is 0 Å². The first-order valence-corrected chi connectivity index (χ1v) is 7.31. The predicted molar refractivity (Wildman–Crippen MR) is 67.0 cm³/mol. The molecule has 0 amide bonds. The van der Waals surface area contributed by atoms with E-state index in [-0.39, 0.29) is 4.90 Å². The number of benzene rings is 1. The van der Waals surface area contributed by atoms with E-state index >= 15 is 0 Å². The minimum absolute atomic E-state index is 0.167. The van der Waals surface area contributed by atoms with Crippen LogP contribution in [0.4, 0.5) is 0 Å². The first-order chi connectivity index (χ1) is 8.49. The number of rotatable bonds is 3. The summed E-state index contributed by atoms with van der Waals surface area (Å²) in [6.07, 6.45) is 4.73. The minimum atomic E-state index is -3.65. The van der Waals surface area contributed by atoms with Gasteiger partial charge in [-0.1, -0.05) is 6.07 Å². The second kappa shape index (κ2) is 4.94. The number of aliphatic carboxylic acids is 1. The Bertz CT molecular complexity index is 599. The Hall–Kier alpha value is -1.62. The molecule has 1 aliphatic carbocycles. The molecule has 1 N–H and O–H groups in total. The lowest BCUT2D eigenvalue weighted by atomic mass is 9.92. The largest absolute Gasteiger partial charge is 0.478 e. The molecule has 0 fully saturated rings. The number of carboxylic acids is 1. The van der Waals surface area contributed by atoms with Crippen LogP contribution < -0.4 is 0 Å². The van der Waals surface area contributed by atoms with E-state index in [0.29, 0.717) is 6.08 Å². The van der Waals surface area contributed by atoms with Gasteiger partial charge in [-0.2, -0.15) is 0 Å². The summed E-state index contributed by atoms with van der Waals surface area (Å²) in [5, 5.41) is 9.20. The number of hydrogen-bond donors (Lipinski definition) is 1. The molecule has 0 unspecified atom stereocenters. The van der Waals surface area contributed by atoms with E-state index in [1.807, 2.05) is 6.07 Å². The van der Waals surface area contributed by atoms with E-state index in [1.54, 1.807) is 12.1 Å². The molecule has 0 spiro atoms. The quantitative estimate of drug-likeness (QED) is 0.849. The van der Waals surface area contributed by atoms with Crippen molar-refractivity contribution in [1.29, 1.82) is 0 Å². The van der Waals surface area contributed by atoms with E-state index in [9.17, 15) is 13.2 Å². The van der Waals surface area contributed by atoms with Crippen LogP contribution in [0.15, 0.2) is 34.6 Å². The minimum Gasteiger partial charge on any atom is -0.478 e. The average Bonchev–Trinajstić information content (AvgIpc) is 2.36. The van der Waals surface area contributed by atoms with Gasteiger partial charge in [-0.05, 0) is 48.9 Å². The van der Waals surface area contributed by atoms with Crippen LogP contribution in [0.5, 0.6) is 0 Å². The zero-order valence-corrected chi connectivity index (χ0v) is 10.6. The number of fused-ring (bicyclic) bond motifs is 1. The molecular formula is C13H14O4S.